The first-order valence-corrected chi connectivity index (χ1v) is 8.99. The summed E-state index contributed by atoms with van der Waals surface area (Å²) in [6.45, 7) is 5.37. The number of hydrogen-bond acceptors (Lipinski definition) is 3. The van der Waals surface area contributed by atoms with E-state index in [-0.39, 0.29) is 5.91 Å². The summed E-state index contributed by atoms with van der Waals surface area (Å²) in [7, 11) is 1.66. The number of rotatable bonds is 7. The first kappa shape index (κ1) is 18.1. The van der Waals surface area contributed by atoms with Gasteiger partial charge >= 0.3 is 0 Å². The van der Waals surface area contributed by atoms with E-state index in [1.807, 2.05) is 25.1 Å². The van der Waals surface area contributed by atoms with Gasteiger partial charge < -0.3 is 10.1 Å². The first-order chi connectivity index (χ1) is 12.6. The van der Waals surface area contributed by atoms with Crippen LogP contribution in [0.4, 0.5) is 0 Å². The number of ether oxygens (including phenoxy) is 1. The molecule has 1 amide bonds. The molecule has 5 nitrogen and oxygen atoms in total. The molecule has 1 N–H and O–H groups in total. The molecule has 0 radical (unpaired) electrons. The molecule has 136 valence electrons. The lowest BCUT2D eigenvalue weighted by Crippen LogP contribution is -2.25. The van der Waals surface area contributed by atoms with Crippen molar-refractivity contribution in [2.24, 2.45) is 0 Å². The SMILES string of the molecule is CCc1ccc(-n2c(C)nc3cc(C(=O)NCCCOC)ccc32)cc1. The molecule has 0 unspecified atom stereocenters. The van der Waals surface area contributed by atoms with Crippen LogP contribution in [0.1, 0.15) is 35.1 Å². The zero-order valence-electron chi connectivity index (χ0n) is 15.6. The van der Waals surface area contributed by atoms with Crippen molar-refractivity contribution in [3.05, 3.63) is 59.4 Å². The third kappa shape index (κ3) is 3.78. The lowest BCUT2D eigenvalue weighted by molar-refractivity contribution is 0.0948. The van der Waals surface area contributed by atoms with Crippen LogP contribution in [0.25, 0.3) is 16.7 Å². The molecule has 0 saturated carbocycles. The van der Waals surface area contributed by atoms with E-state index < -0.39 is 0 Å². The fourth-order valence-corrected chi connectivity index (χ4v) is 3.07. The second-order valence-corrected chi connectivity index (χ2v) is 6.32. The summed E-state index contributed by atoms with van der Waals surface area (Å²) >= 11 is 0. The third-order valence-corrected chi connectivity index (χ3v) is 4.50. The van der Waals surface area contributed by atoms with Crippen LogP contribution in [-0.4, -0.2) is 35.7 Å². The minimum atomic E-state index is -0.0810. The summed E-state index contributed by atoms with van der Waals surface area (Å²) < 4.78 is 7.12. The van der Waals surface area contributed by atoms with Crippen molar-refractivity contribution in [2.75, 3.05) is 20.3 Å². The molecule has 3 rings (SSSR count). The molecule has 0 fully saturated rings. The van der Waals surface area contributed by atoms with Gasteiger partial charge in [0.15, 0.2) is 0 Å². The Kier molecular flexibility index (Phi) is 5.68. The highest BCUT2D eigenvalue weighted by Gasteiger charge is 2.12. The summed E-state index contributed by atoms with van der Waals surface area (Å²) in [6.07, 6.45) is 1.82. The highest BCUT2D eigenvalue weighted by atomic mass is 16.5. The monoisotopic (exact) mass is 351 g/mol. The second kappa shape index (κ2) is 8.15. The largest absolute Gasteiger partial charge is 0.385 e. The van der Waals surface area contributed by atoms with Crippen molar-refractivity contribution >= 4 is 16.9 Å². The number of hydrogen-bond donors (Lipinski definition) is 1. The number of aromatic nitrogens is 2. The van der Waals surface area contributed by atoms with Gasteiger partial charge in [-0.3, -0.25) is 9.36 Å². The van der Waals surface area contributed by atoms with Crippen LogP contribution in [0, 0.1) is 6.92 Å². The van der Waals surface area contributed by atoms with E-state index in [9.17, 15) is 4.79 Å². The van der Waals surface area contributed by atoms with E-state index in [0.717, 1.165) is 35.4 Å². The number of imidazole rings is 1. The van der Waals surface area contributed by atoms with Gasteiger partial charge in [-0.1, -0.05) is 19.1 Å². The van der Waals surface area contributed by atoms with Crippen molar-refractivity contribution in [3.63, 3.8) is 0 Å². The van der Waals surface area contributed by atoms with Crippen LogP contribution in [0.15, 0.2) is 42.5 Å². The highest BCUT2D eigenvalue weighted by Crippen LogP contribution is 2.23. The Morgan fingerprint density at radius 3 is 2.65 bits per heavy atom. The van der Waals surface area contributed by atoms with Gasteiger partial charge in [-0.15, -0.1) is 0 Å². The molecule has 0 saturated heterocycles. The number of methoxy groups -OCH3 is 1. The van der Waals surface area contributed by atoms with Gasteiger partial charge in [0, 0.05) is 31.5 Å². The summed E-state index contributed by atoms with van der Waals surface area (Å²) in [5.74, 6) is 0.824. The van der Waals surface area contributed by atoms with E-state index >= 15 is 0 Å². The molecule has 2 aromatic carbocycles. The summed E-state index contributed by atoms with van der Waals surface area (Å²) in [5, 5.41) is 2.91. The molecule has 0 aliphatic heterocycles. The van der Waals surface area contributed by atoms with Gasteiger partial charge in [0.05, 0.1) is 11.0 Å². The average molecular weight is 351 g/mol. The molecule has 0 spiro atoms. The zero-order valence-corrected chi connectivity index (χ0v) is 15.6. The minimum Gasteiger partial charge on any atom is -0.385 e. The maximum Gasteiger partial charge on any atom is 0.251 e. The number of amides is 1. The van der Waals surface area contributed by atoms with Crippen LogP contribution in [0.5, 0.6) is 0 Å². The van der Waals surface area contributed by atoms with E-state index in [2.05, 4.69) is 46.1 Å². The average Bonchev–Trinajstić information content (AvgIpc) is 3.00. The maximum atomic E-state index is 12.3. The van der Waals surface area contributed by atoms with Gasteiger partial charge in [0.1, 0.15) is 5.82 Å². The van der Waals surface area contributed by atoms with Crippen LogP contribution < -0.4 is 5.32 Å². The van der Waals surface area contributed by atoms with Crippen molar-refractivity contribution < 1.29 is 9.53 Å². The highest BCUT2D eigenvalue weighted by molar-refractivity contribution is 5.97. The molecular weight excluding hydrogens is 326 g/mol. The minimum absolute atomic E-state index is 0.0810. The maximum absolute atomic E-state index is 12.3. The topological polar surface area (TPSA) is 56.2 Å². The fourth-order valence-electron chi connectivity index (χ4n) is 3.07. The van der Waals surface area contributed by atoms with E-state index in [1.54, 1.807) is 7.11 Å². The number of benzene rings is 2. The summed E-state index contributed by atoms with van der Waals surface area (Å²) in [5.41, 5.74) is 4.84. The Balaban J connectivity index is 1.86. The van der Waals surface area contributed by atoms with Gasteiger partial charge in [-0.25, -0.2) is 4.98 Å². The Bertz CT molecular complexity index is 898. The quantitative estimate of drug-likeness (QED) is 0.661. The normalized spacial score (nSPS) is 11.0. The Morgan fingerprint density at radius 2 is 1.96 bits per heavy atom. The smallest absolute Gasteiger partial charge is 0.251 e. The number of carbonyl (C=O) groups is 1. The molecule has 3 aromatic rings. The van der Waals surface area contributed by atoms with Crippen molar-refractivity contribution in [2.45, 2.75) is 26.7 Å². The van der Waals surface area contributed by atoms with Gasteiger partial charge in [0.25, 0.3) is 5.91 Å². The van der Waals surface area contributed by atoms with E-state index in [0.29, 0.717) is 18.7 Å². The lowest BCUT2D eigenvalue weighted by atomic mass is 10.1. The third-order valence-electron chi connectivity index (χ3n) is 4.50. The molecule has 1 heterocycles. The number of aryl methyl sites for hydroxylation is 2. The van der Waals surface area contributed by atoms with E-state index in [4.69, 9.17) is 4.74 Å². The lowest BCUT2D eigenvalue weighted by Gasteiger charge is -2.08. The zero-order chi connectivity index (χ0) is 18.5. The number of nitrogens with zero attached hydrogens (tertiary/aromatic N) is 2. The predicted octanol–water partition coefficient (Wildman–Crippen LogP) is 3.66. The van der Waals surface area contributed by atoms with Gasteiger partial charge in [-0.2, -0.15) is 0 Å². The summed E-state index contributed by atoms with van der Waals surface area (Å²) in [4.78, 5) is 16.9. The Labute approximate surface area is 154 Å². The Hall–Kier alpha value is -2.66. The van der Waals surface area contributed by atoms with E-state index in [1.165, 1.54) is 5.56 Å². The number of carbonyl (C=O) groups excluding carboxylic acids is 1. The Morgan fingerprint density at radius 1 is 1.19 bits per heavy atom. The van der Waals surface area contributed by atoms with Crippen molar-refractivity contribution in [1.29, 1.82) is 0 Å². The van der Waals surface area contributed by atoms with Crippen LogP contribution in [0.2, 0.25) is 0 Å². The number of fused-ring (bicyclic) bond motifs is 1. The molecule has 0 atom stereocenters. The molecule has 0 aliphatic carbocycles. The van der Waals surface area contributed by atoms with Gasteiger partial charge in [-0.05, 0) is 55.7 Å². The van der Waals surface area contributed by atoms with Crippen LogP contribution >= 0.6 is 0 Å². The standard InChI is InChI=1S/C21H25N3O2/c1-4-16-6-9-18(10-7-16)24-15(2)23-19-14-17(8-11-20(19)24)21(25)22-12-5-13-26-3/h6-11,14H,4-5,12-13H2,1-3H3,(H,22,25). The molecule has 26 heavy (non-hydrogen) atoms. The molecule has 1 aromatic heterocycles. The van der Waals surface area contributed by atoms with Crippen LogP contribution in [-0.2, 0) is 11.2 Å². The first-order valence-electron chi connectivity index (χ1n) is 8.99. The summed E-state index contributed by atoms with van der Waals surface area (Å²) in [6, 6.07) is 14.2. The fraction of sp³-hybridized carbons (Fsp3) is 0.333. The number of nitrogens with one attached hydrogen (secondary N) is 1. The molecule has 0 bridgehead atoms. The van der Waals surface area contributed by atoms with Gasteiger partial charge in [0.2, 0.25) is 0 Å². The molecule has 5 heteroatoms. The molecular formula is C21H25N3O2. The van der Waals surface area contributed by atoms with Crippen molar-refractivity contribution in [1.82, 2.24) is 14.9 Å². The molecule has 0 aliphatic rings. The second-order valence-electron chi connectivity index (χ2n) is 6.32. The van der Waals surface area contributed by atoms with Crippen molar-refractivity contribution in [3.8, 4) is 5.69 Å². The van der Waals surface area contributed by atoms with Crippen LogP contribution in [0.3, 0.4) is 0 Å². The predicted molar refractivity (Wildman–Crippen MR) is 104 cm³/mol.